The third-order valence-corrected chi connectivity index (χ3v) is 3.81. The highest BCUT2D eigenvalue weighted by Gasteiger charge is 2.17. The van der Waals surface area contributed by atoms with Crippen LogP contribution in [-0.2, 0) is 16.1 Å². The normalized spacial score (nSPS) is 10.6. The first-order valence-electron chi connectivity index (χ1n) is 8.07. The van der Waals surface area contributed by atoms with Gasteiger partial charge in [-0.25, -0.2) is 0 Å². The lowest BCUT2D eigenvalue weighted by atomic mass is 10.1. The van der Waals surface area contributed by atoms with Crippen LogP contribution in [0.25, 0.3) is 11.3 Å². The fourth-order valence-corrected chi connectivity index (χ4v) is 2.43. The molecule has 1 aromatic carbocycles. The minimum absolute atomic E-state index is 0.0450. The van der Waals surface area contributed by atoms with Gasteiger partial charge in [0, 0.05) is 32.2 Å². The molecular weight excluding hydrogens is 324 g/mol. The van der Waals surface area contributed by atoms with Gasteiger partial charge in [0.05, 0.1) is 32.9 Å². The molecule has 25 heavy (non-hydrogen) atoms. The van der Waals surface area contributed by atoms with Crippen molar-refractivity contribution >= 4 is 5.91 Å². The van der Waals surface area contributed by atoms with Crippen LogP contribution >= 0.6 is 0 Å². The van der Waals surface area contributed by atoms with Crippen molar-refractivity contribution in [3.8, 4) is 22.8 Å². The molecule has 0 aliphatic carbocycles. The van der Waals surface area contributed by atoms with E-state index in [1.54, 1.807) is 32.3 Å². The van der Waals surface area contributed by atoms with Gasteiger partial charge in [0.15, 0.2) is 5.76 Å². The summed E-state index contributed by atoms with van der Waals surface area (Å²) in [5.74, 6) is 1.94. The molecule has 1 aromatic heterocycles. The number of ether oxygens (including phenoxy) is 3. The van der Waals surface area contributed by atoms with E-state index >= 15 is 0 Å². The molecule has 0 aliphatic heterocycles. The lowest BCUT2D eigenvalue weighted by molar-refractivity contribution is -0.132. The number of rotatable bonds is 9. The molecule has 2 rings (SSSR count). The van der Waals surface area contributed by atoms with Gasteiger partial charge in [-0.05, 0) is 12.1 Å². The summed E-state index contributed by atoms with van der Waals surface area (Å²) in [6.07, 6.45) is 0.431. The second-order valence-electron chi connectivity index (χ2n) is 5.41. The third kappa shape index (κ3) is 4.73. The van der Waals surface area contributed by atoms with Gasteiger partial charge in [0.25, 0.3) is 0 Å². The van der Waals surface area contributed by atoms with Crippen LogP contribution in [0.4, 0.5) is 0 Å². The highest BCUT2D eigenvalue weighted by atomic mass is 16.5. The molecule has 0 N–H and O–H groups in total. The third-order valence-electron chi connectivity index (χ3n) is 3.81. The van der Waals surface area contributed by atoms with Crippen molar-refractivity contribution < 1.29 is 23.5 Å². The quantitative estimate of drug-likeness (QED) is 0.694. The number of methoxy groups -OCH3 is 3. The number of amides is 1. The Labute approximate surface area is 147 Å². The summed E-state index contributed by atoms with van der Waals surface area (Å²) in [6.45, 7) is 3.19. The average Bonchev–Trinajstić information content (AvgIpc) is 3.12. The number of carbonyl (C=O) groups is 1. The predicted molar refractivity (Wildman–Crippen MR) is 92.6 cm³/mol. The van der Waals surface area contributed by atoms with Crippen molar-refractivity contribution in [3.63, 3.8) is 0 Å². The zero-order valence-corrected chi connectivity index (χ0v) is 15.1. The molecule has 0 atom stereocenters. The van der Waals surface area contributed by atoms with E-state index in [4.69, 9.17) is 18.7 Å². The van der Waals surface area contributed by atoms with E-state index in [9.17, 15) is 4.79 Å². The predicted octanol–water partition coefficient (Wildman–Crippen LogP) is 2.74. The molecular formula is C18H24N2O5. The number of aromatic nitrogens is 1. The van der Waals surface area contributed by atoms with Crippen LogP contribution < -0.4 is 9.47 Å². The van der Waals surface area contributed by atoms with Crippen molar-refractivity contribution in [2.75, 3.05) is 34.5 Å². The molecule has 1 amide bonds. The summed E-state index contributed by atoms with van der Waals surface area (Å²) in [7, 11) is 4.79. The van der Waals surface area contributed by atoms with E-state index in [0.717, 1.165) is 5.56 Å². The Balaban J connectivity index is 2.20. The number of hydrogen-bond donors (Lipinski definition) is 0. The Morgan fingerprint density at radius 1 is 1.20 bits per heavy atom. The minimum atomic E-state index is 0.0450. The zero-order chi connectivity index (χ0) is 18.2. The van der Waals surface area contributed by atoms with Gasteiger partial charge in [-0.1, -0.05) is 12.1 Å². The van der Waals surface area contributed by atoms with Crippen molar-refractivity contribution in [2.24, 2.45) is 0 Å². The molecule has 0 unspecified atom stereocenters. The maximum Gasteiger partial charge on any atom is 0.222 e. The molecule has 0 saturated carbocycles. The SMILES string of the molecule is CCC(=O)N(CCOC)Cc1cc(-c2ccc(OC)cc2OC)on1. The number of hydrogen-bond acceptors (Lipinski definition) is 6. The van der Waals surface area contributed by atoms with Crippen LogP contribution in [0.15, 0.2) is 28.8 Å². The highest BCUT2D eigenvalue weighted by molar-refractivity contribution is 5.75. The summed E-state index contributed by atoms with van der Waals surface area (Å²) in [5.41, 5.74) is 1.44. The van der Waals surface area contributed by atoms with Crippen molar-refractivity contribution in [1.29, 1.82) is 0 Å². The molecule has 2 aromatic rings. The van der Waals surface area contributed by atoms with Crippen molar-refractivity contribution in [3.05, 3.63) is 30.0 Å². The van der Waals surface area contributed by atoms with E-state index in [1.807, 2.05) is 25.1 Å². The van der Waals surface area contributed by atoms with E-state index in [-0.39, 0.29) is 5.91 Å². The first-order valence-corrected chi connectivity index (χ1v) is 8.07. The van der Waals surface area contributed by atoms with Crippen LogP contribution in [0, 0.1) is 0 Å². The second kappa shape index (κ2) is 9.08. The van der Waals surface area contributed by atoms with Gasteiger partial charge in [-0.15, -0.1) is 0 Å². The van der Waals surface area contributed by atoms with Gasteiger partial charge in [-0.3, -0.25) is 4.79 Å². The smallest absolute Gasteiger partial charge is 0.222 e. The molecule has 0 fully saturated rings. The Hall–Kier alpha value is -2.54. The minimum Gasteiger partial charge on any atom is -0.497 e. The highest BCUT2D eigenvalue weighted by Crippen LogP contribution is 2.33. The maximum atomic E-state index is 12.0. The molecule has 1 heterocycles. The van der Waals surface area contributed by atoms with Gasteiger partial charge >= 0.3 is 0 Å². The summed E-state index contributed by atoms with van der Waals surface area (Å²) < 4.78 is 21.1. The molecule has 0 saturated heterocycles. The van der Waals surface area contributed by atoms with E-state index in [2.05, 4.69) is 5.16 Å². The summed E-state index contributed by atoms with van der Waals surface area (Å²) in [4.78, 5) is 13.8. The van der Waals surface area contributed by atoms with Crippen LogP contribution in [0.1, 0.15) is 19.0 Å². The number of nitrogens with zero attached hydrogens (tertiary/aromatic N) is 2. The first-order chi connectivity index (χ1) is 12.1. The van der Waals surface area contributed by atoms with Crippen LogP contribution in [0.3, 0.4) is 0 Å². The maximum absolute atomic E-state index is 12.0. The van der Waals surface area contributed by atoms with E-state index in [0.29, 0.717) is 49.1 Å². The molecule has 7 heteroatoms. The monoisotopic (exact) mass is 348 g/mol. The van der Waals surface area contributed by atoms with Crippen molar-refractivity contribution in [1.82, 2.24) is 10.1 Å². The van der Waals surface area contributed by atoms with Gasteiger partial charge in [-0.2, -0.15) is 0 Å². The average molecular weight is 348 g/mol. The van der Waals surface area contributed by atoms with Gasteiger partial charge in [0.2, 0.25) is 5.91 Å². The van der Waals surface area contributed by atoms with E-state index in [1.165, 1.54) is 0 Å². The van der Waals surface area contributed by atoms with E-state index < -0.39 is 0 Å². The topological polar surface area (TPSA) is 74.0 Å². The van der Waals surface area contributed by atoms with Gasteiger partial charge in [0.1, 0.15) is 17.2 Å². The summed E-state index contributed by atoms with van der Waals surface area (Å²) in [5, 5.41) is 4.08. The van der Waals surface area contributed by atoms with Crippen molar-refractivity contribution in [2.45, 2.75) is 19.9 Å². The lowest BCUT2D eigenvalue weighted by Crippen LogP contribution is -2.32. The molecule has 0 bridgehead atoms. The summed E-state index contributed by atoms with van der Waals surface area (Å²) in [6, 6.07) is 7.27. The zero-order valence-electron chi connectivity index (χ0n) is 15.1. The van der Waals surface area contributed by atoms with Crippen LogP contribution in [0.2, 0.25) is 0 Å². The molecule has 0 aliphatic rings. The molecule has 136 valence electrons. The van der Waals surface area contributed by atoms with Crippen LogP contribution in [-0.4, -0.2) is 50.4 Å². The van der Waals surface area contributed by atoms with Crippen LogP contribution in [0.5, 0.6) is 11.5 Å². The largest absolute Gasteiger partial charge is 0.497 e. The Morgan fingerprint density at radius 2 is 2.00 bits per heavy atom. The molecule has 0 radical (unpaired) electrons. The lowest BCUT2D eigenvalue weighted by Gasteiger charge is -2.20. The first kappa shape index (κ1) is 18.8. The fourth-order valence-electron chi connectivity index (χ4n) is 2.43. The Kier molecular flexibility index (Phi) is 6.82. The second-order valence-corrected chi connectivity index (χ2v) is 5.41. The fraction of sp³-hybridized carbons (Fsp3) is 0.444. The standard InChI is InChI=1S/C18H24N2O5/c1-5-18(21)20(8-9-22-2)12-13-10-17(25-19-13)15-7-6-14(23-3)11-16(15)24-4/h6-7,10-11H,5,8-9,12H2,1-4H3. The Bertz CT molecular complexity index is 699. The van der Waals surface area contributed by atoms with Gasteiger partial charge < -0.3 is 23.6 Å². The molecule has 7 nitrogen and oxygen atoms in total. The summed E-state index contributed by atoms with van der Waals surface area (Å²) >= 11 is 0. The molecule has 0 spiro atoms. The Morgan fingerprint density at radius 3 is 2.64 bits per heavy atom. The number of benzene rings is 1. The number of carbonyl (C=O) groups excluding carboxylic acids is 1.